The summed E-state index contributed by atoms with van der Waals surface area (Å²) in [6.07, 6.45) is 7.52. The van der Waals surface area contributed by atoms with Crippen LogP contribution in [0.5, 0.6) is 0 Å². The molecule has 1 fully saturated rings. The molecule has 4 N–H and O–H groups in total. The minimum atomic E-state index is -1.26. The summed E-state index contributed by atoms with van der Waals surface area (Å²) in [5.74, 6) is -2.62. The standard InChI is InChI=1S/C10H16N2O2.C4H4O4/c1-14-12-10(13)8-4-2-3-7-5-6-9(8)11-7;5-3(6)1-2-4(7)8/h4,7,9,11H,2-3,5-6H2,1H3,(H,12,13);1-2H,(H,5,6)(H,7,8)/t7?,9-;/m1./s1. The van der Waals surface area contributed by atoms with Crippen LogP contribution in [0.4, 0.5) is 0 Å². The minimum Gasteiger partial charge on any atom is -0.478 e. The Morgan fingerprint density at radius 2 is 1.86 bits per heavy atom. The first-order chi connectivity index (χ1) is 10.4. The van der Waals surface area contributed by atoms with Crippen LogP contribution in [0.2, 0.25) is 0 Å². The number of hydrogen-bond donors (Lipinski definition) is 4. The molecule has 2 heterocycles. The number of carboxylic acids is 2. The first-order valence-corrected chi connectivity index (χ1v) is 6.87. The lowest BCUT2D eigenvalue weighted by molar-refractivity contribution is -0.134. The molecule has 0 radical (unpaired) electrons. The maximum Gasteiger partial charge on any atom is 0.328 e. The van der Waals surface area contributed by atoms with Gasteiger partial charge in [0.15, 0.2) is 0 Å². The molecule has 0 aromatic rings. The highest BCUT2D eigenvalue weighted by atomic mass is 16.6. The number of carbonyl (C=O) groups is 3. The molecule has 1 amide bonds. The van der Waals surface area contributed by atoms with Crippen LogP contribution in [0.1, 0.15) is 25.7 Å². The number of nitrogens with one attached hydrogen (secondary N) is 2. The molecular formula is C14H20N2O6. The van der Waals surface area contributed by atoms with E-state index >= 15 is 0 Å². The van der Waals surface area contributed by atoms with Crippen molar-refractivity contribution in [2.75, 3.05) is 7.11 Å². The zero-order valence-electron chi connectivity index (χ0n) is 12.2. The normalized spacial score (nSPS) is 23.0. The number of hydroxylamine groups is 1. The molecule has 122 valence electrons. The fraction of sp³-hybridized carbons (Fsp3) is 0.500. The number of carbonyl (C=O) groups excluding carboxylic acids is 1. The van der Waals surface area contributed by atoms with Crippen LogP contribution in [-0.2, 0) is 19.2 Å². The molecular weight excluding hydrogens is 292 g/mol. The first-order valence-electron chi connectivity index (χ1n) is 6.87. The van der Waals surface area contributed by atoms with Gasteiger partial charge in [-0.3, -0.25) is 9.63 Å². The quantitative estimate of drug-likeness (QED) is 0.432. The Bertz CT molecular complexity index is 470. The molecule has 2 rings (SSSR count). The average molecular weight is 312 g/mol. The van der Waals surface area contributed by atoms with E-state index in [1.807, 2.05) is 6.08 Å². The zero-order chi connectivity index (χ0) is 16.5. The van der Waals surface area contributed by atoms with Gasteiger partial charge in [-0.25, -0.2) is 15.1 Å². The fourth-order valence-electron chi connectivity index (χ4n) is 2.42. The summed E-state index contributed by atoms with van der Waals surface area (Å²) in [6.45, 7) is 0. The topological polar surface area (TPSA) is 125 Å². The number of allylic oxidation sites excluding steroid dienone is 1. The molecule has 0 spiro atoms. The third-order valence-corrected chi connectivity index (χ3v) is 3.32. The Morgan fingerprint density at radius 1 is 1.23 bits per heavy atom. The highest BCUT2D eigenvalue weighted by Crippen LogP contribution is 2.25. The van der Waals surface area contributed by atoms with E-state index in [0.717, 1.165) is 24.8 Å². The van der Waals surface area contributed by atoms with Crippen LogP contribution in [0.25, 0.3) is 0 Å². The lowest BCUT2D eigenvalue weighted by Gasteiger charge is -2.13. The van der Waals surface area contributed by atoms with Crippen molar-refractivity contribution in [2.45, 2.75) is 37.8 Å². The summed E-state index contributed by atoms with van der Waals surface area (Å²) < 4.78 is 0. The van der Waals surface area contributed by atoms with E-state index in [-0.39, 0.29) is 11.9 Å². The van der Waals surface area contributed by atoms with Gasteiger partial charge in [-0.1, -0.05) is 6.08 Å². The molecule has 2 aliphatic heterocycles. The Balaban J connectivity index is 0.000000261. The largest absolute Gasteiger partial charge is 0.478 e. The van der Waals surface area contributed by atoms with Gasteiger partial charge in [0.05, 0.1) is 7.11 Å². The molecule has 8 nitrogen and oxygen atoms in total. The molecule has 0 aromatic heterocycles. The van der Waals surface area contributed by atoms with Crippen molar-refractivity contribution in [1.82, 2.24) is 10.8 Å². The van der Waals surface area contributed by atoms with Gasteiger partial charge in [-0.05, 0) is 25.7 Å². The van der Waals surface area contributed by atoms with Gasteiger partial charge in [0.2, 0.25) is 0 Å². The lowest BCUT2D eigenvalue weighted by atomic mass is 9.99. The molecule has 0 aromatic carbocycles. The van der Waals surface area contributed by atoms with E-state index in [0.29, 0.717) is 18.2 Å². The lowest BCUT2D eigenvalue weighted by Crippen LogP contribution is -2.35. The molecule has 2 atom stereocenters. The summed E-state index contributed by atoms with van der Waals surface area (Å²) in [7, 11) is 1.46. The molecule has 8 heteroatoms. The summed E-state index contributed by atoms with van der Waals surface area (Å²) in [4.78, 5) is 35.3. The van der Waals surface area contributed by atoms with E-state index in [1.165, 1.54) is 13.5 Å². The first kappa shape index (κ1) is 17.9. The summed E-state index contributed by atoms with van der Waals surface area (Å²) in [5, 5.41) is 19.1. The zero-order valence-corrected chi connectivity index (χ0v) is 12.2. The predicted octanol–water partition coefficient (Wildman–Crippen LogP) is 0.217. The van der Waals surface area contributed by atoms with Crippen molar-refractivity contribution in [3.8, 4) is 0 Å². The number of carboxylic acid groups (broad SMARTS) is 2. The van der Waals surface area contributed by atoms with Crippen molar-refractivity contribution in [3.63, 3.8) is 0 Å². The SMILES string of the molecule is CONC(=O)C1=CCCC2CC[C@H]1N2.O=C(O)C=CC(=O)O. The van der Waals surface area contributed by atoms with E-state index < -0.39 is 11.9 Å². The second-order valence-electron chi connectivity index (χ2n) is 4.88. The van der Waals surface area contributed by atoms with Gasteiger partial charge in [0.1, 0.15) is 0 Å². The minimum absolute atomic E-state index is 0.104. The molecule has 0 aliphatic carbocycles. The van der Waals surface area contributed by atoms with E-state index in [2.05, 4.69) is 15.6 Å². The Labute approximate surface area is 127 Å². The molecule has 22 heavy (non-hydrogen) atoms. The van der Waals surface area contributed by atoms with Gasteiger partial charge >= 0.3 is 11.9 Å². The predicted molar refractivity (Wildman–Crippen MR) is 76.8 cm³/mol. The molecule has 2 bridgehead atoms. The molecule has 0 saturated carbocycles. The number of fused-ring (bicyclic) bond motifs is 2. The Kier molecular flexibility index (Phi) is 7.27. The Morgan fingerprint density at radius 3 is 2.41 bits per heavy atom. The van der Waals surface area contributed by atoms with Crippen molar-refractivity contribution in [2.24, 2.45) is 0 Å². The number of rotatable bonds is 4. The molecule has 1 saturated heterocycles. The van der Waals surface area contributed by atoms with Gasteiger partial charge in [0, 0.05) is 29.8 Å². The summed E-state index contributed by atoms with van der Waals surface area (Å²) >= 11 is 0. The average Bonchev–Trinajstić information content (AvgIpc) is 2.78. The number of hydrogen-bond acceptors (Lipinski definition) is 5. The van der Waals surface area contributed by atoms with Crippen LogP contribution >= 0.6 is 0 Å². The summed E-state index contributed by atoms with van der Waals surface area (Å²) in [6, 6.07) is 0.835. The van der Waals surface area contributed by atoms with E-state index in [9.17, 15) is 14.4 Å². The van der Waals surface area contributed by atoms with Gasteiger partial charge < -0.3 is 15.5 Å². The van der Waals surface area contributed by atoms with Gasteiger partial charge in [0.25, 0.3) is 5.91 Å². The van der Waals surface area contributed by atoms with Crippen LogP contribution < -0.4 is 10.8 Å². The smallest absolute Gasteiger partial charge is 0.328 e. The number of aliphatic carboxylic acids is 2. The van der Waals surface area contributed by atoms with Gasteiger partial charge in [-0.15, -0.1) is 0 Å². The van der Waals surface area contributed by atoms with Crippen molar-refractivity contribution in [1.29, 1.82) is 0 Å². The fourth-order valence-corrected chi connectivity index (χ4v) is 2.42. The van der Waals surface area contributed by atoms with Crippen molar-refractivity contribution < 1.29 is 29.4 Å². The van der Waals surface area contributed by atoms with Crippen LogP contribution in [0.3, 0.4) is 0 Å². The third-order valence-electron chi connectivity index (χ3n) is 3.32. The van der Waals surface area contributed by atoms with Gasteiger partial charge in [-0.2, -0.15) is 0 Å². The molecule has 1 unspecified atom stereocenters. The second kappa shape index (κ2) is 8.96. The van der Waals surface area contributed by atoms with Crippen LogP contribution in [-0.4, -0.2) is 47.3 Å². The molecule has 2 aliphatic rings. The maximum atomic E-state index is 11.6. The van der Waals surface area contributed by atoms with Crippen LogP contribution in [0.15, 0.2) is 23.8 Å². The highest BCUT2D eigenvalue weighted by Gasteiger charge is 2.31. The van der Waals surface area contributed by atoms with E-state index in [1.54, 1.807) is 0 Å². The highest BCUT2D eigenvalue weighted by molar-refractivity contribution is 5.94. The third kappa shape index (κ3) is 6.06. The number of amides is 1. The maximum absolute atomic E-state index is 11.6. The van der Waals surface area contributed by atoms with Crippen molar-refractivity contribution >= 4 is 17.8 Å². The summed E-state index contributed by atoms with van der Waals surface area (Å²) in [5.41, 5.74) is 3.22. The monoisotopic (exact) mass is 312 g/mol. The second-order valence-corrected chi connectivity index (χ2v) is 4.88. The van der Waals surface area contributed by atoms with Crippen LogP contribution in [0, 0.1) is 0 Å². The van der Waals surface area contributed by atoms with E-state index in [4.69, 9.17) is 10.2 Å². The van der Waals surface area contributed by atoms with Crippen molar-refractivity contribution in [3.05, 3.63) is 23.8 Å². The Hall–Kier alpha value is -2.19.